The molecule has 8 heteroatoms. The van der Waals surface area contributed by atoms with Gasteiger partial charge < -0.3 is 14.2 Å². The summed E-state index contributed by atoms with van der Waals surface area (Å²) in [5.74, 6) is 2.16. The highest BCUT2D eigenvalue weighted by Gasteiger charge is 2.27. The van der Waals surface area contributed by atoms with Gasteiger partial charge in [0, 0.05) is 23.7 Å². The van der Waals surface area contributed by atoms with E-state index in [4.69, 9.17) is 19.2 Å². The van der Waals surface area contributed by atoms with Crippen molar-refractivity contribution in [2.75, 3.05) is 38.0 Å². The van der Waals surface area contributed by atoms with Gasteiger partial charge in [0.2, 0.25) is 5.91 Å². The van der Waals surface area contributed by atoms with Crippen molar-refractivity contribution >= 4 is 44.4 Å². The quantitative estimate of drug-likeness (QED) is 0.420. The molecule has 1 saturated heterocycles. The van der Waals surface area contributed by atoms with Gasteiger partial charge >= 0.3 is 0 Å². The standard InChI is InChI=1S/C23H26N2O4S2/c1-27-18-10-11-19(28-2)22-21(18)24-23(31-22)25(15-16-7-6-13-29-16)20(26)12-14-30-17-8-4-3-5-9-17/h3-5,8-11,16H,6-7,12-15H2,1-2H3. The zero-order chi connectivity index (χ0) is 21.6. The Hall–Kier alpha value is -2.29. The van der Waals surface area contributed by atoms with Gasteiger partial charge in [-0.1, -0.05) is 29.5 Å². The van der Waals surface area contributed by atoms with Gasteiger partial charge in [-0.2, -0.15) is 0 Å². The first-order valence-corrected chi connectivity index (χ1v) is 12.1. The van der Waals surface area contributed by atoms with Gasteiger partial charge in [0.25, 0.3) is 0 Å². The Balaban J connectivity index is 1.57. The number of ether oxygens (including phenoxy) is 3. The van der Waals surface area contributed by atoms with E-state index in [0.29, 0.717) is 35.1 Å². The molecule has 1 aliphatic heterocycles. The Labute approximate surface area is 190 Å². The summed E-state index contributed by atoms with van der Waals surface area (Å²) < 4.78 is 17.7. The molecule has 164 valence electrons. The van der Waals surface area contributed by atoms with Gasteiger partial charge in [-0.25, -0.2) is 4.98 Å². The Morgan fingerprint density at radius 1 is 1.19 bits per heavy atom. The number of rotatable bonds is 9. The number of fused-ring (bicyclic) bond motifs is 1. The van der Waals surface area contributed by atoms with Gasteiger partial charge in [-0.15, -0.1) is 11.8 Å². The van der Waals surface area contributed by atoms with Gasteiger partial charge in [-0.05, 0) is 37.1 Å². The second-order valence-electron chi connectivity index (χ2n) is 7.20. The molecule has 3 aromatic rings. The highest BCUT2D eigenvalue weighted by Crippen LogP contribution is 2.40. The van der Waals surface area contributed by atoms with E-state index in [9.17, 15) is 4.79 Å². The lowest BCUT2D eigenvalue weighted by Crippen LogP contribution is -2.37. The minimum atomic E-state index is 0.0431. The minimum Gasteiger partial charge on any atom is -0.495 e. The third-order valence-corrected chi connectivity index (χ3v) is 7.28. The number of hydrogen-bond donors (Lipinski definition) is 0. The van der Waals surface area contributed by atoms with Crippen molar-refractivity contribution in [3.63, 3.8) is 0 Å². The molecule has 0 spiro atoms. The average Bonchev–Trinajstić information content (AvgIpc) is 3.47. The van der Waals surface area contributed by atoms with Crippen LogP contribution in [0, 0.1) is 0 Å². The predicted molar refractivity (Wildman–Crippen MR) is 126 cm³/mol. The number of methoxy groups -OCH3 is 2. The van der Waals surface area contributed by atoms with Crippen LogP contribution in [-0.4, -0.2) is 50.1 Å². The van der Waals surface area contributed by atoms with E-state index in [0.717, 1.165) is 34.8 Å². The molecule has 0 N–H and O–H groups in total. The van der Waals surface area contributed by atoms with Crippen LogP contribution in [-0.2, 0) is 9.53 Å². The lowest BCUT2D eigenvalue weighted by atomic mass is 10.2. The van der Waals surface area contributed by atoms with Crippen LogP contribution in [0.5, 0.6) is 11.5 Å². The number of aromatic nitrogens is 1. The maximum absolute atomic E-state index is 13.3. The summed E-state index contributed by atoms with van der Waals surface area (Å²) in [7, 11) is 3.26. The molecule has 0 bridgehead atoms. The summed E-state index contributed by atoms with van der Waals surface area (Å²) in [6.45, 7) is 1.26. The van der Waals surface area contributed by atoms with Gasteiger partial charge in [0.1, 0.15) is 21.7 Å². The second-order valence-corrected chi connectivity index (χ2v) is 9.34. The van der Waals surface area contributed by atoms with E-state index in [2.05, 4.69) is 12.1 Å². The fraction of sp³-hybridized carbons (Fsp3) is 0.391. The number of anilines is 1. The Morgan fingerprint density at radius 3 is 2.68 bits per heavy atom. The molecule has 4 rings (SSSR count). The SMILES string of the molecule is COc1ccc(OC)c2sc(N(CC3CCCO3)C(=O)CCSc3ccccc3)nc12. The highest BCUT2D eigenvalue weighted by molar-refractivity contribution is 7.99. The molecule has 1 fully saturated rings. The first kappa shape index (κ1) is 21.9. The summed E-state index contributed by atoms with van der Waals surface area (Å²) in [5, 5.41) is 0.656. The van der Waals surface area contributed by atoms with E-state index in [1.807, 2.05) is 30.3 Å². The fourth-order valence-corrected chi connectivity index (χ4v) is 5.54. The van der Waals surface area contributed by atoms with E-state index >= 15 is 0 Å². The third-order valence-electron chi connectivity index (χ3n) is 5.17. The molecule has 2 aromatic carbocycles. The Bertz CT molecular complexity index is 978. The number of thioether (sulfide) groups is 1. The lowest BCUT2D eigenvalue weighted by molar-refractivity contribution is -0.118. The second kappa shape index (κ2) is 10.3. The van der Waals surface area contributed by atoms with E-state index in [1.54, 1.807) is 30.9 Å². The number of nitrogens with zero attached hydrogens (tertiary/aromatic N) is 2. The number of hydrogen-bond acceptors (Lipinski definition) is 7. The van der Waals surface area contributed by atoms with Crippen molar-refractivity contribution in [1.29, 1.82) is 0 Å². The molecule has 31 heavy (non-hydrogen) atoms. The van der Waals surface area contributed by atoms with Crippen LogP contribution >= 0.6 is 23.1 Å². The van der Waals surface area contributed by atoms with E-state index in [-0.39, 0.29) is 12.0 Å². The predicted octanol–water partition coefficient (Wildman–Crippen LogP) is 5.01. The molecule has 0 saturated carbocycles. The van der Waals surface area contributed by atoms with E-state index in [1.165, 1.54) is 11.3 Å². The number of amides is 1. The molecule has 1 unspecified atom stereocenters. The average molecular weight is 459 g/mol. The first-order chi connectivity index (χ1) is 15.2. The topological polar surface area (TPSA) is 60.9 Å². The number of carbonyl (C=O) groups excluding carboxylic acids is 1. The maximum atomic E-state index is 13.3. The van der Waals surface area contributed by atoms with Crippen LogP contribution in [0.15, 0.2) is 47.4 Å². The maximum Gasteiger partial charge on any atom is 0.229 e. The van der Waals surface area contributed by atoms with Crippen molar-refractivity contribution in [2.24, 2.45) is 0 Å². The van der Waals surface area contributed by atoms with Crippen LogP contribution in [0.4, 0.5) is 5.13 Å². The normalized spacial score (nSPS) is 15.9. The summed E-state index contributed by atoms with van der Waals surface area (Å²) in [6.07, 6.45) is 2.45. The highest BCUT2D eigenvalue weighted by atomic mass is 32.2. The zero-order valence-corrected chi connectivity index (χ0v) is 19.3. The van der Waals surface area contributed by atoms with Crippen LogP contribution in [0.1, 0.15) is 19.3 Å². The summed E-state index contributed by atoms with van der Waals surface area (Å²) in [5.41, 5.74) is 0.714. The van der Waals surface area contributed by atoms with Crippen molar-refractivity contribution in [3.05, 3.63) is 42.5 Å². The van der Waals surface area contributed by atoms with Crippen molar-refractivity contribution in [1.82, 2.24) is 4.98 Å². The number of thiazole rings is 1. The monoisotopic (exact) mass is 458 g/mol. The van der Waals surface area contributed by atoms with Crippen molar-refractivity contribution in [3.8, 4) is 11.5 Å². The van der Waals surface area contributed by atoms with Crippen LogP contribution < -0.4 is 14.4 Å². The van der Waals surface area contributed by atoms with Gasteiger partial charge in [0.15, 0.2) is 5.13 Å². The molecule has 1 atom stereocenters. The fourth-order valence-electron chi connectivity index (χ4n) is 3.58. The van der Waals surface area contributed by atoms with E-state index < -0.39 is 0 Å². The van der Waals surface area contributed by atoms with Crippen LogP contribution in [0.2, 0.25) is 0 Å². The Kier molecular flexibility index (Phi) is 7.32. The molecule has 1 aliphatic rings. The lowest BCUT2D eigenvalue weighted by Gasteiger charge is -2.23. The van der Waals surface area contributed by atoms with Crippen molar-refractivity contribution in [2.45, 2.75) is 30.3 Å². The molecule has 2 heterocycles. The number of benzene rings is 2. The smallest absolute Gasteiger partial charge is 0.229 e. The first-order valence-electron chi connectivity index (χ1n) is 10.3. The minimum absolute atomic E-state index is 0.0431. The van der Waals surface area contributed by atoms with Gasteiger partial charge in [0.05, 0.1) is 26.9 Å². The molecular formula is C23H26N2O4S2. The molecule has 1 amide bonds. The summed E-state index contributed by atoms with van der Waals surface area (Å²) in [6, 6.07) is 13.8. The largest absolute Gasteiger partial charge is 0.495 e. The molecular weight excluding hydrogens is 432 g/mol. The molecule has 0 aliphatic carbocycles. The molecule has 1 aromatic heterocycles. The van der Waals surface area contributed by atoms with Crippen molar-refractivity contribution < 1.29 is 19.0 Å². The Morgan fingerprint density at radius 2 is 1.97 bits per heavy atom. The summed E-state index contributed by atoms with van der Waals surface area (Å²) in [4.78, 5) is 21.0. The number of carbonyl (C=O) groups is 1. The van der Waals surface area contributed by atoms with Gasteiger partial charge in [-0.3, -0.25) is 9.69 Å². The summed E-state index contributed by atoms with van der Waals surface area (Å²) >= 11 is 3.14. The zero-order valence-electron chi connectivity index (χ0n) is 17.7. The molecule has 6 nitrogen and oxygen atoms in total. The third kappa shape index (κ3) is 5.14. The molecule has 0 radical (unpaired) electrons. The van der Waals surface area contributed by atoms with Crippen LogP contribution in [0.3, 0.4) is 0 Å². The van der Waals surface area contributed by atoms with Crippen LogP contribution in [0.25, 0.3) is 10.2 Å².